The number of ketones is 1. The lowest BCUT2D eigenvalue weighted by molar-refractivity contribution is -0.256. The predicted octanol–water partition coefficient (Wildman–Crippen LogP) is 5.08. The van der Waals surface area contributed by atoms with Gasteiger partial charge >= 0.3 is 17.9 Å². The van der Waals surface area contributed by atoms with Crippen LogP contribution in [0.5, 0.6) is 0 Å². The third kappa shape index (κ3) is 7.91. The molecule has 2 saturated carbocycles. The Morgan fingerprint density at radius 3 is 2.00 bits per heavy atom. The average Bonchev–Trinajstić information content (AvgIpc) is 3.23. The first kappa shape index (κ1) is 44.3. The van der Waals surface area contributed by atoms with E-state index in [2.05, 4.69) is 5.32 Å². The van der Waals surface area contributed by atoms with Gasteiger partial charge in [0.1, 0.15) is 29.7 Å². The molecule has 13 heteroatoms. The van der Waals surface area contributed by atoms with Crippen LogP contribution in [-0.4, -0.2) is 93.7 Å². The fraction of sp³-hybridized carbons (Fsp3) is 0.468. The van der Waals surface area contributed by atoms with Crippen LogP contribution in [-0.2, 0) is 33.3 Å². The fourth-order valence-corrected chi connectivity index (χ4v) is 9.99. The molecule has 11 atom stereocenters. The number of hydrogen-bond acceptors (Lipinski definition) is 12. The molecule has 0 aromatic heterocycles. The van der Waals surface area contributed by atoms with Gasteiger partial charge in [0, 0.05) is 43.3 Å². The van der Waals surface area contributed by atoms with Gasteiger partial charge in [-0.25, -0.2) is 9.59 Å². The Balaban J connectivity index is 1.48. The van der Waals surface area contributed by atoms with Crippen molar-refractivity contribution in [1.29, 1.82) is 0 Å². The first-order valence-corrected chi connectivity index (χ1v) is 20.4. The summed E-state index contributed by atoms with van der Waals surface area (Å²) in [5.41, 5.74) is -3.73. The van der Waals surface area contributed by atoms with Crippen LogP contribution in [0.25, 0.3) is 0 Å². The van der Waals surface area contributed by atoms with Gasteiger partial charge < -0.3 is 39.6 Å². The zero-order valence-electron chi connectivity index (χ0n) is 35.0. The van der Waals surface area contributed by atoms with Gasteiger partial charge in [-0.2, -0.15) is 0 Å². The molecule has 1 unspecified atom stereocenters. The summed E-state index contributed by atoms with van der Waals surface area (Å²) >= 11 is 0. The third-order valence-corrected chi connectivity index (χ3v) is 13.1. The Labute approximate surface area is 350 Å². The Bertz CT molecular complexity index is 2110. The Morgan fingerprint density at radius 2 is 1.43 bits per heavy atom. The van der Waals surface area contributed by atoms with Crippen LogP contribution in [0.3, 0.4) is 0 Å². The van der Waals surface area contributed by atoms with Crippen LogP contribution >= 0.6 is 0 Å². The van der Waals surface area contributed by atoms with Crippen LogP contribution in [0.4, 0.5) is 0 Å². The van der Waals surface area contributed by atoms with E-state index in [1.807, 2.05) is 0 Å². The van der Waals surface area contributed by atoms with Crippen molar-refractivity contribution in [3.8, 4) is 0 Å². The van der Waals surface area contributed by atoms with Gasteiger partial charge in [0.25, 0.3) is 5.91 Å². The zero-order chi connectivity index (χ0) is 43.7. The zero-order valence-corrected chi connectivity index (χ0v) is 35.0. The number of hydrogen-bond donors (Lipinski definition) is 4. The molecule has 13 nitrogen and oxygen atoms in total. The van der Waals surface area contributed by atoms with Crippen molar-refractivity contribution in [2.24, 2.45) is 22.7 Å². The number of esters is 3. The molecule has 3 aromatic carbocycles. The maximum absolute atomic E-state index is 15.2. The quantitative estimate of drug-likeness (QED) is 0.114. The Kier molecular flexibility index (Phi) is 12.9. The number of aliphatic hydroxyl groups is 3. The fourth-order valence-electron chi connectivity index (χ4n) is 9.99. The number of nitrogens with one attached hydrogen (secondary N) is 1. The number of Topliss-reactive ketones (excluding diaryl/α,β-unsaturated/α-hetero) is 1. The molecule has 4 N–H and O–H groups in total. The normalized spacial score (nSPS) is 30.7. The second kappa shape index (κ2) is 17.4. The predicted molar refractivity (Wildman–Crippen MR) is 218 cm³/mol. The van der Waals surface area contributed by atoms with Gasteiger partial charge in [0.05, 0.1) is 35.1 Å². The summed E-state index contributed by atoms with van der Waals surface area (Å²) in [6.45, 7) is 11.3. The van der Waals surface area contributed by atoms with Gasteiger partial charge in [0.15, 0.2) is 6.10 Å². The molecule has 0 radical (unpaired) electrons. The van der Waals surface area contributed by atoms with E-state index >= 15 is 4.79 Å². The largest absolute Gasteiger partial charge is 0.459 e. The molecule has 60 heavy (non-hydrogen) atoms. The molecule has 2 fully saturated rings. The smallest absolute Gasteiger partial charge is 0.338 e. The van der Waals surface area contributed by atoms with E-state index in [1.54, 1.807) is 113 Å². The summed E-state index contributed by atoms with van der Waals surface area (Å²) in [5, 5.41) is 40.1. The van der Waals surface area contributed by atoms with Crippen molar-refractivity contribution < 1.29 is 58.2 Å². The second-order valence-electron chi connectivity index (χ2n) is 16.9. The minimum Gasteiger partial charge on any atom is -0.459 e. The number of fused-ring (bicyclic) bond motifs is 3. The van der Waals surface area contributed by atoms with E-state index in [9.17, 15) is 34.5 Å². The van der Waals surface area contributed by atoms with Crippen LogP contribution in [0, 0.1) is 22.7 Å². The molecule has 320 valence electrons. The highest BCUT2D eigenvalue weighted by Gasteiger charge is 2.71. The molecule has 0 heterocycles. The number of ether oxygens (including phenoxy) is 4. The number of aliphatic hydroxyl groups excluding tert-OH is 2. The summed E-state index contributed by atoms with van der Waals surface area (Å²) in [6, 6.07) is 23.5. The molecule has 6 rings (SSSR count). The molecule has 2 bridgehead atoms. The number of carbonyl (C=O) groups is 5. The molecule has 0 spiro atoms. The van der Waals surface area contributed by atoms with Gasteiger partial charge in [-0.05, 0) is 61.7 Å². The van der Waals surface area contributed by atoms with Crippen molar-refractivity contribution in [3.05, 3.63) is 119 Å². The highest BCUT2D eigenvalue weighted by Crippen LogP contribution is 2.61. The first-order valence-electron chi connectivity index (χ1n) is 20.4. The first-order chi connectivity index (χ1) is 28.4. The van der Waals surface area contributed by atoms with Crippen LogP contribution in [0.15, 0.2) is 102 Å². The summed E-state index contributed by atoms with van der Waals surface area (Å²) in [6.07, 6.45) is -9.12. The molecule has 3 aliphatic rings. The summed E-state index contributed by atoms with van der Waals surface area (Å²) < 4.78 is 24.5. The van der Waals surface area contributed by atoms with Gasteiger partial charge in [0.2, 0.25) is 0 Å². The van der Waals surface area contributed by atoms with Crippen LogP contribution in [0.1, 0.15) is 93.6 Å². The lowest BCUT2D eigenvalue weighted by Gasteiger charge is -2.62. The topological polar surface area (TPSA) is 195 Å². The summed E-state index contributed by atoms with van der Waals surface area (Å²) in [7, 11) is 0. The van der Waals surface area contributed by atoms with Crippen molar-refractivity contribution in [3.63, 3.8) is 0 Å². The van der Waals surface area contributed by atoms with E-state index < -0.39 is 107 Å². The molecule has 1 amide bonds. The Morgan fingerprint density at radius 1 is 0.867 bits per heavy atom. The highest BCUT2D eigenvalue weighted by molar-refractivity contribution is 5.95. The van der Waals surface area contributed by atoms with E-state index in [0.29, 0.717) is 22.3 Å². The molecular weight excluding hydrogens is 771 g/mol. The second-order valence-corrected chi connectivity index (χ2v) is 16.9. The minimum absolute atomic E-state index is 0.0992. The summed E-state index contributed by atoms with van der Waals surface area (Å²) in [4.78, 5) is 69.9. The van der Waals surface area contributed by atoms with Crippen molar-refractivity contribution in [2.45, 2.75) is 110 Å². The van der Waals surface area contributed by atoms with Gasteiger partial charge in [-0.15, -0.1) is 0 Å². The van der Waals surface area contributed by atoms with E-state index in [4.69, 9.17) is 18.9 Å². The maximum Gasteiger partial charge on any atom is 0.338 e. The molecule has 0 aliphatic heterocycles. The number of benzene rings is 3. The lowest BCUT2D eigenvalue weighted by atomic mass is 9.46. The maximum atomic E-state index is 15.2. The van der Waals surface area contributed by atoms with E-state index in [0.717, 1.165) is 0 Å². The number of amides is 1. The highest BCUT2D eigenvalue weighted by atomic mass is 16.6. The van der Waals surface area contributed by atoms with Crippen LogP contribution in [0.2, 0.25) is 0 Å². The van der Waals surface area contributed by atoms with Gasteiger partial charge in [-0.3, -0.25) is 14.4 Å². The number of rotatable bonds is 11. The Hall–Kier alpha value is -5.21. The van der Waals surface area contributed by atoms with Crippen molar-refractivity contribution in [2.75, 3.05) is 6.61 Å². The lowest BCUT2D eigenvalue weighted by Crippen LogP contribution is -2.73. The minimum atomic E-state index is -2.20. The van der Waals surface area contributed by atoms with E-state index in [1.165, 1.54) is 26.0 Å². The van der Waals surface area contributed by atoms with Crippen molar-refractivity contribution >= 4 is 29.6 Å². The van der Waals surface area contributed by atoms with E-state index in [-0.39, 0.29) is 18.6 Å². The monoisotopic (exact) mass is 825 g/mol. The standard InChI is InChI=1S/C47H55NO12/c1-8-57-32-24-34(50)46(7)36(39(32)58-28(4)49)41(60-43(54)31-22-16-11-17-23-31)47(56)25-33(26(2)35(45(47,5)6)27(3)40(46)52)59-44(55)38(51)37(29-18-12-9-13-19-29)48-42(53)30-20-14-10-15-21-30/h9-23,27,32-34,36-39,41,50-51,56H,8,24-25H2,1-7H3,(H,48,53)/t27-,32-,33?,34+,36+,37+,38-,39+,41+,46-,47-/m1/s1. The molecular formula is C47H55NO12. The molecule has 3 aliphatic carbocycles. The van der Waals surface area contributed by atoms with Gasteiger partial charge in [-0.1, -0.05) is 87.5 Å². The SMILES string of the molecule is CCO[C@@H]1C[C@H](O)[C@@]2(C)C(=O)[C@H](C)C3=C(C)C(OC(=O)[C@H](O)[C@@H](NC(=O)c4ccccc4)c4ccccc4)C[C@@](O)([C@@H](OC(=O)c4ccccc4)[C@@H]2[C@H]1OC(C)=O)C3(C)C. The number of carbonyl (C=O) groups excluding carboxylic acids is 5. The average molecular weight is 826 g/mol. The molecule has 0 saturated heterocycles. The summed E-state index contributed by atoms with van der Waals surface area (Å²) in [5.74, 6) is -6.15. The molecule has 3 aromatic rings. The third-order valence-electron chi connectivity index (χ3n) is 13.1. The van der Waals surface area contributed by atoms with Crippen molar-refractivity contribution in [1.82, 2.24) is 5.32 Å². The van der Waals surface area contributed by atoms with Crippen LogP contribution < -0.4 is 5.32 Å².